The van der Waals surface area contributed by atoms with Crippen molar-refractivity contribution >= 4 is 34.8 Å². The summed E-state index contributed by atoms with van der Waals surface area (Å²) in [5, 5.41) is 6.05. The van der Waals surface area contributed by atoms with Crippen LogP contribution in [0.4, 0.5) is 11.4 Å². The van der Waals surface area contributed by atoms with Gasteiger partial charge < -0.3 is 20.3 Å². The lowest BCUT2D eigenvalue weighted by Crippen LogP contribution is -2.46. The summed E-state index contributed by atoms with van der Waals surface area (Å²) >= 11 is 6.00. The number of rotatable bonds is 10. The molecule has 9 heteroatoms. The predicted octanol–water partition coefficient (Wildman–Crippen LogP) is 3.27. The van der Waals surface area contributed by atoms with Crippen LogP contribution in [0.1, 0.15) is 29.8 Å². The molecule has 2 aromatic carbocycles. The van der Waals surface area contributed by atoms with Crippen molar-refractivity contribution < 1.29 is 14.3 Å². The minimum atomic E-state index is -0.712. The standard InChI is InChI=1S/C29H40ClN5O3/c1-29(2,22-30)28(37)32-24-8-9-26(25(20-24)27(36)31-10-11-33-16-18-38-19-17-33)35-14-12-34(13-15-35)21-23-6-4-3-5-7-23/h3-9,20H,10-19,21-22H2,1-2H3,(H,31,36)(H,32,37). The first-order valence-corrected chi connectivity index (χ1v) is 14.0. The van der Waals surface area contributed by atoms with Crippen LogP contribution in [0.3, 0.4) is 0 Å². The van der Waals surface area contributed by atoms with E-state index in [1.807, 2.05) is 18.2 Å². The lowest BCUT2D eigenvalue weighted by molar-refractivity contribution is -0.122. The summed E-state index contributed by atoms with van der Waals surface area (Å²) in [5.41, 5.74) is 2.66. The molecule has 0 aliphatic carbocycles. The maximum atomic E-state index is 13.4. The number of anilines is 2. The van der Waals surface area contributed by atoms with E-state index < -0.39 is 5.41 Å². The Labute approximate surface area is 231 Å². The van der Waals surface area contributed by atoms with E-state index in [1.54, 1.807) is 19.9 Å². The van der Waals surface area contributed by atoms with Crippen LogP contribution < -0.4 is 15.5 Å². The molecule has 2 N–H and O–H groups in total. The molecule has 38 heavy (non-hydrogen) atoms. The quantitative estimate of drug-likeness (QED) is 0.450. The highest BCUT2D eigenvalue weighted by atomic mass is 35.5. The van der Waals surface area contributed by atoms with Gasteiger partial charge in [0.15, 0.2) is 0 Å². The van der Waals surface area contributed by atoms with Gasteiger partial charge >= 0.3 is 0 Å². The Kier molecular flexibility index (Phi) is 10.0. The molecule has 0 bridgehead atoms. The first-order valence-electron chi connectivity index (χ1n) is 13.5. The molecule has 8 nitrogen and oxygen atoms in total. The Bertz CT molecular complexity index is 1070. The van der Waals surface area contributed by atoms with E-state index in [2.05, 4.69) is 49.6 Å². The van der Waals surface area contributed by atoms with Crippen molar-refractivity contribution in [3.05, 3.63) is 59.7 Å². The van der Waals surface area contributed by atoms with E-state index in [-0.39, 0.29) is 17.7 Å². The molecule has 0 aromatic heterocycles. The number of piperazine rings is 1. The van der Waals surface area contributed by atoms with Crippen LogP contribution in [0.15, 0.2) is 48.5 Å². The molecule has 2 aromatic rings. The Morgan fingerprint density at radius 1 is 0.947 bits per heavy atom. The monoisotopic (exact) mass is 541 g/mol. The maximum Gasteiger partial charge on any atom is 0.253 e. The van der Waals surface area contributed by atoms with Crippen molar-refractivity contribution in [1.29, 1.82) is 0 Å². The largest absolute Gasteiger partial charge is 0.379 e. The zero-order chi connectivity index (χ0) is 27.0. The molecule has 2 aliphatic heterocycles. The number of morpholine rings is 1. The predicted molar refractivity (Wildman–Crippen MR) is 153 cm³/mol. The normalized spacial score (nSPS) is 17.3. The number of benzene rings is 2. The Balaban J connectivity index is 1.45. The number of carbonyl (C=O) groups excluding carboxylic acids is 2. The van der Waals surface area contributed by atoms with Crippen molar-refractivity contribution in [1.82, 2.24) is 15.1 Å². The molecule has 0 radical (unpaired) electrons. The summed E-state index contributed by atoms with van der Waals surface area (Å²) in [7, 11) is 0. The molecule has 0 atom stereocenters. The number of nitrogens with zero attached hydrogens (tertiary/aromatic N) is 3. The van der Waals surface area contributed by atoms with E-state index in [4.69, 9.17) is 16.3 Å². The van der Waals surface area contributed by atoms with Crippen LogP contribution in [0.5, 0.6) is 0 Å². The van der Waals surface area contributed by atoms with E-state index in [0.29, 0.717) is 17.8 Å². The molecule has 0 unspecified atom stereocenters. The van der Waals surface area contributed by atoms with Crippen molar-refractivity contribution in [2.24, 2.45) is 5.41 Å². The van der Waals surface area contributed by atoms with Crippen molar-refractivity contribution in [3.8, 4) is 0 Å². The zero-order valence-electron chi connectivity index (χ0n) is 22.5. The van der Waals surface area contributed by atoms with Crippen LogP contribution in [-0.2, 0) is 16.1 Å². The average molecular weight is 542 g/mol. The van der Waals surface area contributed by atoms with Gasteiger partial charge in [0.05, 0.1) is 24.2 Å². The highest BCUT2D eigenvalue weighted by molar-refractivity contribution is 6.20. The van der Waals surface area contributed by atoms with Gasteiger partial charge in [0.1, 0.15) is 0 Å². The third-order valence-electron chi connectivity index (χ3n) is 7.23. The minimum absolute atomic E-state index is 0.132. The third-order valence-corrected chi connectivity index (χ3v) is 7.90. The third kappa shape index (κ3) is 7.69. The number of alkyl halides is 1. The summed E-state index contributed by atoms with van der Waals surface area (Å²) in [6.45, 7) is 12.6. The summed E-state index contributed by atoms with van der Waals surface area (Å²) in [5.74, 6) is -0.0971. The zero-order valence-corrected chi connectivity index (χ0v) is 23.3. The summed E-state index contributed by atoms with van der Waals surface area (Å²) < 4.78 is 5.42. The average Bonchev–Trinajstić information content (AvgIpc) is 2.94. The lowest BCUT2D eigenvalue weighted by atomic mass is 9.95. The number of carbonyl (C=O) groups is 2. The molecule has 2 heterocycles. The number of hydrogen-bond donors (Lipinski definition) is 2. The molecule has 4 rings (SSSR count). The molecular formula is C29H40ClN5O3. The first-order chi connectivity index (χ1) is 18.4. The van der Waals surface area contributed by atoms with Crippen molar-refractivity contribution in [2.45, 2.75) is 20.4 Å². The summed E-state index contributed by atoms with van der Waals surface area (Å²) in [6.07, 6.45) is 0. The van der Waals surface area contributed by atoms with Gasteiger partial charge in [-0.25, -0.2) is 0 Å². The van der Waals surface area contributed by atoms with Gasteiger partial charge in [-0.2, -0.15) is 0 Å². The smallest absolute Gasteiger partial charge is 0.253 e. The van der Waals surface area contributed by atoms with Gasteiger partial charge in [0, 0.05) is 76.2 Å². The first kappa shape index (κ1) is 28.4. The van der Waals surface area contributed by atoms with Gasteiger partial charge in [-0.3, -0.25) is 19.4 Å². The SMILES string of the molecule is CC(C)(CCl)C(=O)Nc1ccc(N2CCN(Cc3ccccc3)CC2)c(C(=O)NCCN2CCOCC2)c1. The topological polar surface area (TPSA) is 77.2 Å². The molecule has 2 saturated heterocycles. The Morgan fingerprint density at radius 2 is 1.66 bits per heavy atom. The van der Waals surface area contributed by atoms with E-state index in [0.717, 1.165) is 71.3 Å². The molecule has 0 spiro atoms. The van der Waals surface area contributed by atoms with Crippen LogP contribution in [0.25, 0.3) is 0 Å². The fraction of sp³-hybridized carbons (Fsp3) is 0.517. The minimum Gasteiger partial charge on any atom is -0.379 e. The van der Waals surface area contributed by atoms with Gasteiger partial charge in [-0.1, -0.05) is 30.3 Å². The lowest BCUT2D eigenvalue weighted by Gasteiger charge is -2.37. The number of hydrogen-bond acceptors (Lipinski definition) is 6. The molecule has 206 valence electrons. The Morgan fingerprint density at radius 3 is 2.34 bits per heavy atom. The van der Waals surface area contributed by atoms with Gasteiger partial charge in [0.25, 0.3) is 5.91 Å². The number of nitrogens with one attached hydrogen (secondary N) is 2. The molecule has 0 saturated carbocycles. The Hall–Kier alpha value is -2.65. The van der Waals surface area contributed by atoms with E-state index in [1.165, 1.54) is 5.56 Å². The molecule has 2 fully saturated rings. The van der Waals surface area contributed by atoms with Gasteiger partial charge in [-0.15, -0.1) is 11.6 Å². The van der Waals surface area contributed by atoms with Crippen molar-refractivity contribution in [3.63, 3.8) is 0 Å². The number of amides is 2. The maximum absolute atomic E-state index is 13.4. The van der Waals surface area contributed by atoms with Crippen LogP contribution in [-0.4, -0.2) is 93.1 Å². The highest BCUT2D eigenvalue weighted by Crippen LogP contribution is 2.28. The van der Waals surface area contributed by atoms with Crippen LogP contribution in [0.2, 0.25) is 0 Å². The number of ether oxygens (including phenoxy) is 1. The van der Waals surface area contributed by atoms with Crippen LogP contribution >= 0.6 is 11.6 Å². The van der Waals surface area contributed by atoms with Gasteiger partial charge in [-0.05, 0) is 37.6 Å². The highest BCUT2D eigenvalue weighted by Gasteiger charge is 2.28. The van der Waals surface area contributed by atoms with Crippen molar-refractivity contribution in [2.75, 3.05) is 81.7 Å². The second-order valence-electron chi connectivity index (χ2n) is 10.7. The second kappa shape index (κ2) is 13.4. The fourth-order valence-electron chi connectivity index (χ4n) is 4.67. The molecular weight excluding hydrogens is 502 g/mol. The van der Waals surface area contributed by atoms with Gasteiger partial charge in [0.2, 0.25) is 5.91 Å². The second-order valence-corrected chi connectivity index (χ2v) is 10.9. The fourth-order valence-corrected chi connectivity index (χ4v) is 4.79. The van der Waals surface area contributed by atoms with E-state index in [9.17, 15) is 9.59 Å². The summed E-state index contributed by atoms with van der Waals surface area (Å²) in [6, 6.07) is 16.1. The molecule has 2 amide bonds. The molecule has 2 aliphatic rings. The number of halogens is 1. The van der Waals surface area contributed by atoms with E-state index >= 15 is 0 Å². The summed E-state index contributed by atoms with van der Waals surface area (Å²) in [4.78, 5) is 33.2. The van der Waals surface area contributed by atoms with Crippen LogP contribution in [0, 0.1) is 5.41 Å².